The van der Waals surface area contributed by atoms with Crippen LogP contribution in [0, 0.1) is 6.92 Å². The Morgan fingerprint density at radius 1 is 1.37 bits per heavy atom. The molecule has 2 N–H and O–H groups in total. The molecule has 0 saturated carbocycles. The Kier molecular flexibility index (Phi) is 2.94. The Bertz CT molecular complexity index is 574. The van der Waals surface area contributed by atoms with Crippen LogP contribution in [0.25, 0.3) is 11.4 Å². The number of nitrogens with zero attached hydrogens (tertiary/aromatic N) is 4. The molecule has 2 aromatic rings. The second-order valence-corrected chi connectivity index (χ2v) is 5.01. The summed E-state index contributed by atoms with van der Waals surface area (Å²) in [6, 6.07) is 6.06. The van der Waals surface area contributed by atoms with Crippen LogP contribution < -0.4 is 5.73 Å². The Balaban J connectivity index is 2.04. The van der Waals surface area contributed by atoms with E-state index in [9.17, 15) is 0 Å². The van der Waals surface area contributed by atoms with Crippen LogP contribution in [0.5, 0.6) is 0 Å². The maximum absolute atomic E-state index is 5.89. The van der Waals surface area contributed by atoms with Gasteiger partial charge in [0.2, 0.25) is 0 Å². The fourth-order valence-electron chi connectivity index (χ4n) is 2.59. The zero-order chi connectivity index (χ0) is 13.4. The first-order valence-corrected chi connectivity index (χ1v) is 6.42. The Morgan fingerprint density at radius 2 is 2.21 bits per heavy atom. The Hall–Kier alpha value is -1.95. The number of nitrogens with two attached hydrogens (primary N) is 1. The molecule has 2 heterocycles. The fourth-order valence-corrected chi connectivity index (χ4v) is 2.59. The van der Waals surface area contributed by atoms with Gasteiger partial charge < -0.3 is 10.5 Å². The highest BCUT2D eigenvalue weighted by molar-refractivity contribution is 5.62. The summed E-state index contributed by atoms with van der Waals surface area (Å²) in [6.45, 7) is 4.81. The van der Waals surface area contributed by atoms with Gasteiger partial charge in [0.05, 0.1) is 12.1 Å². The molecule has 0 spiro atoms. The van der Waals surface area contributed by atoms with Crippen LogP contribution in [0.4, 0.5) is 5.69 Å². The summed E-state index contributed by atoms with van der Waals surface area (Å²) < 4.78 is 7.44. The summed E-state index contributed by atoms with van der Waals surface area (Å²) >= 11 is 0. The van der Waals surface area contributed by atoms with E-state index in [0.29, 0.717) is 0 Å². The van der Waals surface area contributed by atoms with Crippen LogP contribution in [0.15, 0.2) is 18.2 Å². The molecule has 0 amide bonds. The maximum Gasteiger partial charge on any atom is 0.182 e. The molecule has 1 fully saturated rings. The first-order chi connectivity index (χ1) is 9.15. The van der Waals surface area contributed by atoms with Crippen molar-refractivity contribution in [2.24, 2.45) is 0 Å². The number of benzene rings is 1. The molecule has 1 aromatic heterocycles. The molecule has 2 atom stereocenters. The van der Waals surface area contributed by atoms with Crippen molar-refractivity contribution < 1.29 is 4.74 Å². The van der Waals surface area contributed by atoms with Crippen molar-refractivity contribution >= 4 is 5.69 Å². The van der Waals surface area contributed by atoms with Crippen LogP contribution in [0.2, 0.25) is 0 Å². The lowest BCUT2D eigenvalue weighted by Crippen LogP contribution is -2.19. The monoisotopic (exact) mass is 259 g/mol. The van der Waals surface area contributed by atoms with Crippen LogP contribution in [0.3, 0.4) is 0 Å². The number of hydrogen-bond donors (Lipinski definition) is 1. The lowest BCUT2D eigenvalue weighted by molar-refractivity contribution is 0.105. The predicted molar refractivity (Wildman–Crippen MR) is 71.5 cm³/mol. The quantitative estimate of drug-likeness (QED) is 0.828. The van der Waals surface area contributed by atoms with Crippen LogP contribution in [-0.4, -0.2) is 32.9 Å². The van der Waals surface area contributed by atoms with Gasteiger partial charge in [0, 0.05) is 17.9 Å². The highest BCUT2D eigenvalue weighted by Crippen LogP contribution is 2.29. The molecular weight excluding hydrogens is 242 g/mol. The maximum atomic E-state index is 5.89. The highest BCUT2D eigenvalue weighted by Gasteiger charge is 2.29. The van der Waals surface area contributed by atoms with Crippen molar-refractivity contribution in [2.75, 3.05) is 12.3 Å². The number of aryl methyl sites for hydroxylation is 1. The van der Waals surface area contributed by atoms with Gasteiger partial charge >= 0.3 is 0 Å². The highest BCUT2D eigenvalue weighted by atomic mass is 16.5. The average Bonchev–Trinajstić information content (AvgIpc) is 2.95. The number of aromatic nitrogens is 4. The number of hydrogen-bond acceptors (Lipinski definition) is 5. The minimum Gasteiger partial charge on any atom is -0.399 e. The summed E-state index contributed by atoms with van der Waals surface area (Å²) in [5.74, 6) is 0.748. The van der Waals surface area contributed by atoms with Crippen LogP contribution in [-0.2, 0) is 4.74 Å². The topological polar surface area (TPSA) is 78.9 Å². The summed E-state index contributed by atoms with van der Waals surface area (Å²) in [5.41, 5.74) is 8.66. The molecule has 6 heteroatoms. The number of nitrogen functional groups attached to an aromatic ring is 1. The second-order valence-electron chi connectivity index (χ2n) is 5.01. The van der Waals surface area contributed by atoms with Gasteiger partial charge in [-0.15, -0.1) is 5.10 Å². The van der Waals surface area contributed by atoms with E-state index < -0.39 is 0 Å². The van der Waals surface area contributed by atoms with Gasteiger partial charge in [-0.3, -0.25) is 0 Å². The van der Waals surface area contributed by atoms with Crippen LogP contribution >= 0.6 is 0 Å². The smallest absolute Gasteiger partial charge is 0.182 e. The van der Waals surface area contributed by atoms with Crippen molar-refractivity contribution in [3.05, 3.63) is 23.8 Å². The molecule has 19 heavy (non-hydrogen) atoms. The molecule has 0 radical (unpaired) electrons. The van der Waals surface area contributed by atoms with Gasteiger partial charge in [0.25, 0.3) is 0 Å². The van der Waals surface area contributed by atoms with E-state index in [2.05, 4.69) is 15.5 Å². The molecular formula is C13H17N5O. The number of anilines is 1. The minimum absolute atomic E-state index is 0.129. The Labute approximate surface area is 111 Å². The third-order valence-corrected chi connectivity index (χ3v) is 3.50. The lowest BCUT2D eigenvalue weighted by Gasteiger charge is -2.15. The van der Waals surface area contributed by atoms with Gasteiger partial charge in [0.15, 0.2) is 5.82 Å². The van der Waals surface area contributed by atoms with E-state index in [1.165, 1.54) is 0 Å². The van der Waals surface area contributed by atoms with Gasteiger partial charge in [0.1, 0.15) is 0 Å². The van der Waals surface area contributed by atoms with Crippen molar-refractivity contribution in [3.63, 3.8) is 0 Å². The number of rotatable bonds is 2. The SMILES string of the molecule is Cc1cc(N)cc(-c2nnnn2C2CCOC2C)c1. The predicted octanol–water partition coefficient (Wildman–Crippen LogP) is 1.58. The summed E-state index contributed by atoms with van der Waals surface area (Å²) in [7, 11) is 0. The number of ether oxygens (including phenoxy) is 1. The molecule has 1 aliphatic rings. The van der Waals surface area contributed by atoms with Crippen molar-refractivity contribution in [1.29, 1.82) is 0 Å². The molecule has 3 rings (SSSR count). The molecule has 0 bridgehead atoms. The van der Waals surface area contributed by atoms with E-state index in [4.69, 9.17) is 10.5 Å². The summed E-state index contributed by atoms with van der Waals surface area (Å²) in [4.78, 5) is 0. The normalized spacial score (nSPS) is 22.8. The molecule has 6 nitrogen and oxygen atoms in total. The summed E-state index contributed by atoms with van der Waals surface area (Å²) in [6.07, 6.45) is 1.06. The van der Waals surface area contributed by atoms with Crippen molar-refractivity contribution in [3.8, 4) is 11.4 Å². The van der Waals surface area contributed by atoms with E-state index in [-0.39, 0.29) is 12.1 Å². The van der Waals surface area contributed by atoms with Gasteiger partial charge in [-0.05, 0) is 54.5 Å². The Morgan fingerprint density at radius 3 is 2.89 bits per heavy atom. The third-order valence-electron chi connectivity index (χ3n) is 3.50. The molecule has 1 aliphatic heterocycles. The largest absolute Gasteiger partial charge is 0.399 e. The first kappa shape index (κ1) is 12.1. The van der Waals surface area contributed by atoms with E-state index in [1.54, 1.807) is 0 Å². The zero-order valence-corrected chi connectivity index (χ0v) is 11.1. The van der Waals surface area contributed by atoms with E-state index >= 15 is 0 Å². The summed E-state index contributed by atoms with van der Waals surface area (Å²) in [5, 5.41) is 12.1. The third kappa shape index (κ3) is 2.19. The van der Waals surface area contributed by atoms with Gasteiger partial charge in [-0.1, -0.05) is 0 Å². The van der Waals surface area contributed by atoms with Crippen molar-refractivity contribution in [1.82, 2.24) is 20.2 Å². The average molecular weight is 259 g/mol. The van der Waals surface area contributed by atoms with E-state index in [1.807, 2.05) is 36.7 Å². The molecule has 1 saturated heterocycles. The molecule has 1 aromatic carbocycles. The first-order valence-electron chi connectivity index (χ1n) is 6.42. The van der Waals surface area contributed by atoms with Gasteiger partial charge in [-0.25, -0.2) is 4.68 Å². The van der Waals surface area contributed by atoms with Gasteiger partial charge in [-0.2, -0.15) is 0 Å². The molecule has 0 aliphatic carbocycles. The van der Waals surface area contributed by atoms with Crippen molar-refractivity contribution in [2.45, 2.75) is 32.4 Å². The number of tetrazole rings is 1. The van der Waals surface area contributed by atoms with E-state index in [0.717, 1.165) is 35.7 Å². The fraction of sp³-hybridized carbons (Fsp3) is 0.462. The van der Waals surface area contributed by atoms with Crippen LogP contribution in [0.1, 0.15) is 24.9 Å². The minimum atomic E-state index is 0.129. The second kappa shape index (κ2) is 4.62. The molecule has 2 unspecified atom stereocenters. The lowest BCUT2D eigenvalue weighted by atomic mass is 10.1. The standard InChI is InChI=1S/C13H17N5O/c1-8-5-10(7-11(14)6-8)13-15-16-17-18(13)12-3-4-19-9(12)2/h5-7,9,12H,3-4,14H2,1-2H3. The zero-order valence-electron chi connectivity index (χ0n) is 11.1. The molecule has 100 valence electrons.